The van der Waals surface area contributed by atoms with Crippen LogP contribution in [-0.2, 0) is 20.8 Å². The van der Waals surface area contributed by atoms with Crippen LogP contribution < -0.4 is 16.1 Å². The molecule has 3 unspecified atom stereocenters. The molecule has 2 rings (SSSR count). The van der Waals surface area contributed by atoms with Crippen LogP contribution in [-0.4, -0.2) is 52.5 Å². The number of hydrazine groups is 1. The zero-order valence-corrected chi connectivity index (χ0v) is 20.4. The third-order valence-corrected chi connectivity index (χ3v) is 5.91. The molecule has 4 N–H and O–H groups in total. The van der Waals surface area contributed by atoms with E-state index in [1.807, 2.05) is 13.8 Å². The predicted octanol–water partition coefficient (Wildman–Crippen LogP) is 2.29. The Hall–Kier alpha value is -2.87. The smallest absolute Gasteiger partial charge is 0.259 e. The molecule has 1 aromatic rings. The van der Waals surface area contributed by atoms with Gasteiger partial charge in [-0.15, -0.1) is 0 Å². The van der Waals surface area contributed by atoms with Gasteiger partial charge in [0.25, 0.3) is 5.91 Å². The summed E-state index contributed by atoms with van der Waals surface area (Å²) < 4.78 is 0. The van der Waals surface area contributed by atoms with E-state index in [2.05, 4.69) is 36.5 Å². The second kappa shape index (κ2) is 11.8. The number of benzene rings is 1. The van der Waals surface area contributed by atoms with Crippen LogP contribution in [0.4, 0.5) is 0 Å². The van der Waals surface area contributed by atoms with Crippen molar-refractivity contribution in [2.45, 2.75) is 72.0 Å². The van der Waals surface area contributed by atoms with E-state index in [9.17, 15) is 19.5 Å². The molecule has 1 fully saturated rings. The highest BCUT2D eigenvalue weighted by molar-refractivity contribution is 5.92. The first-order valence-corrected chi connectivity index (χ1v) is 11.6. The van der Waals surface area contributed by atoms with Gasteiger partial charge in [0.15, 0.2) is 0 Å². The van der Waals surface area contributed by atoms with Crippen molar-refractivity contribution >= 4 is 17.7 Å². The molecule has 33 heavy (non-hydrogen) atoms. The lowest BCUT2D eigenvalue weighted by atomic mass is 9.93. The molecule has 1 heterocycles. The Morgan fingerprint density at radius 2 is 1.91 bits per heavy atom. The van der Waals surface area contributed by atoms with E-state index in [4.69, 9.17) is 0 Å². The third-order valence-electron chi connectivity index (χ3n) is 5.91. The van der Waals surface area contributed by atoms with Gasteiger partial charge in [-0.05, 0) is 42.4 Å². The molecule has 3 amide bonds. The Morgan fingerprint density at radius 3 is 2.48 bits per heavy atom. The van der Waals surface area contributed by atoms with Gasteiger partial charge >= 0.3 is 0 Å². The molecule has 1 aliphatic rings. The fourth-order valence-electron chi connectivity index (χ4n) is 3.94. The number of hydrogen-bond donors (Lipinski definition) is 4. The van der Waals surface area contributed by atoms with Crippen LogP contribution in [0.3, 0.4) is 0 Å². The largest absolute Gasteiger partial charge is 0.508 e. The minimum atomic E-state index is -0.868. The molecular formula is C25H38N4O4. The van der Waals surface area contributed by atoms with Crippen molar-refractivity contribution in [3.63, 3.8) is 0 Å². The predicted molar refractivity (Wildman–Crippen MR) is 128 cm³/mol. The van der Waals surface area contributed by atoms with Gasteiger partial charge in [0.05, 0.1) is 0 Å². The van der Waals surface area contributed by atoms with Crippen molar-refractivity contribution in [1.29, 1.82) is 0 Å². The van der Waals surface area contributed by atoms with Crippen molar-refractivity contribution in [1.82, 2.24) is 21.1 Å². The zero-order valence-electron chi connectivity index (χ0n) is 20.4. The van der Waals surface area contributed by atoms with Crippen molar-refractivity contribution in [3.8, 4) is 5.75 Å². The van der Waals surface area contributed by atoms with E-state index in [0.717, 1.165) is 24.0 Å². The van der Waals surface area contributed by atoms with Crippen LogP contribution in [0.1, 0.15) is 53.0 Å². The van der Waals surface area contributed by atoms with Gasteiger partial charge in [-0.1, -0.05) is 52.0 Å². The number of rotatable bonds is 9. The van der Waals surface area contributed by atoms with Crippen molar-refractivity contribution in [2.24, 2.45) is 11.8 Å². The van der Waals surface area contributed by atoms with Gasteiger partial charge < -0.3 is 15.7 Å². The van der Waals surface area contributed by atoms with Gasteiger partial charge in [0.2, 0.25) is 11.8 Å². The highest BCUT2D eigenvalue weighted by atomic mass is 16.3. The van der Waals surface area contributed by atoms with Gasteiger partial charge in [-0.2, -0.15) is 0 Å². The second-order valence-corrected chi connectivity index (χ2v) is 9.40. The van der Waals surface area contributed by atoms with E-state index < -0.39 is 18.0 Å². The highest BCUT2D eigenvalue weighted by Gasteiger charge is 2.33. The van der Waals surface area contributed by atoms with Crippen LogP contribution >= 0.6 is 0 Å². The fraction of sp³-hybridized carbons (Fsp3) is 0.560. The minimum absolute atomic E-state index is 0.0115. The number of amides is 3. The fourth-order valence-corrected chi connectivity index (χ4v) is 3.94. The monoisotopic (exact) mass is 458 g/mol. The maximum atomic E-state index is 13.5. The first-order valence-electron chi connectivity index (χ1n) is 11.6. The Bertz CT molecular complexity index is 868. The number of nitrogens with zero attached hydrogens (tertiary/aromatic N) is 1. The van der Waals surface area contributed by atoms with Crippen molar-refractivity contribution in [2.75, 3.05) is 6.54 Å². The summed E-state index contributed by atoms with van der Waals surface area (Å²) in [7, 11) is 0. The molecule has 1 aliphatic heterocycles. The number of phenolic OH excluding ortho intramolecular Hbond substituents is 1. The van der Waals surface area contributed by atoms with Crippen LogP contribution in [0.15, 0.2) is 36.4 Å². The van der Waals surface area contributed by atoms with Crippen LogP contribution in [0.2, 0.25) is 0 Å². The lowest BCUT2D eigenvalue weighted by molar-refractivity contribution is -0.141. The summed E-state index contributed by atoms with van der Waals surface area (Å²) in [5.41, 5.74) is 5.03. The van der Waals surface area contributed by atoms with Gasteiger partial charge in [-0.25, -0.2) is 5.43 Å². The molecule has 0 saturated carbocycles. The van der Waals surface area contributed by atoms with Crippen molar-refractivity contribution in [3.05, 3.63) is 42.0 Å². The molecule has 8 heteroatoms. The Kier molecular flexibility index (Phi) is 9.46. The molecule has 1 aromatic carbocycles. The average Bonchev–Trinajstić information content (AvgIpc) is 2.75. The molecule has 8 nitrogen and oxygen atoms in total. The maximum Gasteiger partial charge on any atom is 0.259 e. The first-order chi connectivity index (χ1) is 15.5. The lowest BCUT2D eigenvalue weighted by Crippen LogP contribution is -2.61. The van der Waals surface area contributed by atoms with Gasteiger partial charge in [-0.3, -0.25) is 19.4 Å². The van der Waals surface area contributed by atoms with Crippen molar-refractivity contribution < 1.29 is 19.5 Å². The molecule has 0 aromatic heterocycles. The number of hydrogen-bond acceptors (Lipinski definition) is 5. The van der Waals surface area contributed by atoms with Crippen LogP contribution in [0.25, 0.3) is 0 Å². The second-order valence-electron chi connectivity index (χ2n) is 9.40. The number of nitrogens with one attached hydrogen (secondary N) is 3. The normalized spacial score (nSPS) is 18.0. The van der Waals surface area contributed by atoms with Crippen LogP contribution in [0.5, 0.6) is 5.75 Å². The molecule has 0 radical (unpaired) electrons. The molecule has 182 valence electrons. The van der Waals surface area contributed by atoms with E-state index in [-0.39, 0.29) is 41.9 Å². The summed E-state index contributed by atoms with van der Waals surface area (Å²) in [6, 6.07) is 4.99. The number of carbonyl (C=O) groups excluding carboxylic acids is 3. The summed E-state index contributed by atoms with van der Waals surface area (Å²) >= 11 is 0. The number of phenols is 1. The number of aromatic hydroxyl groups is 1. The molecular weight excluding hydrogens is 420 g/mol. The molecule has 0 spiro atoms. The first kappa shape index (κ1) is 26.4. The Morgan fingerprint density at radius 1 is 1.21 bits per heavy atom. The lowest BCUT2D eigenvalue weighted by Gasteiger charge is -2.38. The summed E-state index contributed by atoms with van der Waals surface area (Å²) in [5.74, 6) is -0.778. The van der Waals surface area contributed by atoms with E-state index in [1.165, 1.54) is 6.92 Å². The van der Waals surface area contributed by atoms with Gasteiger partial charge in [0.1, 0.15) is 17.8 Å². The summed E-state index contributed by atoms with van der Waals surface area (Å²) in [6.45, 7) is 13.9. The highest BCUT2D eigenvalue weighted by Crippen LogP contribution is 2.21. The third kappa shape index (κ3) is 7.60. The minimum Gasteiger partial charge on any atom is -0.508 e. The number of carbonyl (C=O) groups is 3. The standard InChI is InChI=1S/C25H38N4O4/c1-15(2)17(5)21-11-8-12-29(28-21)25(33)22(14-19-9-7-10-20(31)13-19)27-24(32)23(16(3)4)26-18(6)30/h7,9-10,13,15-16,21-23,28,31H,5,8,11-12,14H2,1-4,6H3,(H,26,30)(H,27,32). The summed E-state index contributed by atoms with van der Waals surface area (Å²) in [4.78, 5) is 38.2. The molecule has 3 atom stereocenters. The SMILES string of the molecule is C=C(C(C)C)C1CCCN(C(=O)C(Cc2cccc(O)c2)NC(=O)C(NC(C)=O)C(C)C)N1. The Balaban J connectivity index is 2.25. The van der Waals surface area contributed by atoms with E-state index in [1.54, 1.807) is 29.3 Å². The molecule has 0 aliphatic carbocycles. The Labute approximate surface area is 196 Å². The quantitative estimate of drug-likeness (QED) is 0.425. The van der Waals surface area contributed by atoms with E-state index >= 15 is 0 Å². The van der Waals surface area contributed by atoms with Gasteiger partial charge in [0, 0.05) is 25.9 Å². The molecule has 0 bridgehead atoms. The topological polar surface area (TPSA) is 111 Å². The summed E-state index contributed by atoms with van der Waals surface area (Å²) in [5, 5.41) is 16.9. The zero-order chi connectivity index (χ0) is 24.7. The maximum absolute atomic E-state index is 13.5. The summed E-state index contributed by atoms with van der Waals surface area (Å²) in [6.07, 6.45) is 1.92. The average molecular weight is 459 g/mol. The molecule has 1 saturated heterocycles. The van der Waals surface area contributed by atoms with E-state index in [0.29, 0.717) is 6.54 Å². The van der Waals surface area contributed by atoms with Crippen LogP contribution in [0, 0.1) is 11.8 Å².